The van der Waals surface area contributed by atoms with Gasteiger partial charge in [-0.3, -0.25) is 33.6 Å². The number of nitrogens with one attached hydrogen (secondary N) is 6. The summed E-state index contributed by atoms with van der Waals surface area (Å²) in [6, 6.07) is 21.7. The molecule has 1 saturated heterocycles. The molecule has 3 aromatic rings. The Labute approximate surface area is 398 Å². The lowest BCUT2D eigenvalue weighted by atomic mass is 9.77. The summed E-state index contributed by atoms with van der Waals surface area (Å²) in [6.45, 7) is 11.2. The molecule has 0 saturated carbocycles. The fourth-order valence-electron chi connectivity index (χ4n) is 8.05. The van der Waals surface area contributed by atoms with Gasteiger partial charge >= 0.3 is 5.97 Å². The molecular formula is C50H68N8O10. The molecule has 1 unspecified atom stereocenters. The maximum atomic E-state index is 14.7. The zero-order chi connectivity index (χ0) is 50.2. The predicted molar refractivity (Wildman–Crippen MR) is 254 cm³/mol. The van der Waals surface area contributed by atoms with Crippen molar-refractivity contribution in [2.24, 2.45) is 11.7 Å². The molecule has 0 bridgehead atoms. The number of likely N-dealkylation sites (tertiary alicyclic amines) is 1. The van der Waals surface area contributed by atoms with Gasteiger partial charge in [0.25, 0.3) is 0 Å². The maximum Gasteiger partial charge on any atom is 0.326 e. The smallest absolute Gasteiger partial charge is 0.326 e. The highest BCUT2D eigenvalue weighted by molar-refractivity contribution is 5.97. The molecule has 7 amide bonds. The van der Waals surface area contributed by atoms with Crippen LogP contribution in [0, 0.1) is 5.92 Å². The van der Waals surface area contributed by atoms with Gasteiger partial charge in [-0.05, 0) is 56.2 Å². The minimum atomic E-state index is -1.62. The van der Waals surface area contributed by atoms with Crippen LogP contribution in [0.2, 0.25) is 0 Å². The highest BCUT2D eigenvalue weighted by atomic mass is 16.5. The minimum absolute atomic E-state index is 0.0136. The van der Waals surface area contributed by atoms with Crippen molar-refractivity contribution in [2.75, 3.05) is 19.6 Å². The van der Waals surface area contributed by atoms with Gasteiger partial charge < -0.3 is 52.4 Å². The van der Waals surface area contributed by atoms with E-state index < -0.39 is 114 Å². The van der Waals surface area contributed by atoms with Crippen molar-refractivity contribution in [2.45, 2.75) is 128 Å². The van der Waals surface area contributed by atoms with Crippen LogP contribution < -0.4 is 37.6 Å². The molecule has 0 aliphatic carbocycles. The summed E-state index contributed by atoms with van der Waals surface area (Å²) < 4.78 is 6.10. The second-order valence-electron chi connectivity index (χ2n) is 18.0. The van der Waals surface area contributed by atoms with Crippen molar-refractivity contribution in [3.8, 4) is 0 Å². The third kappa shape index (κ3) is 14.7. The Balaban J connectivity index is 1.60. The lowest BCUT2D eigenvalue weighted by Gasteiger charge is -2.37. The maximum absolute atomic E-state index is 14.7. The Morgan fingerprint density at radius 3 is 1.63 bits per heavy atom. The Morgan fingerprint density at radius 1 is 0.676 bits per heavy atom. The number of hydrogen-bond donors (Lipinski definition) is 8. The molecule has 1 heterocycles. The van der Waals surface area contributed by atoms with Gasteiger partial charge in [-0.15, -0.1) is 0 Å². The van der Waals surface area contributed by atoms with Gasteiger partial charge in [-0.1, -0.05) is 125 Å². The quantitative estimate of drug-likeness (QED) is 0.0639. The molecule has 0 spiro atoms. The van der Waals surface area contributed by atoms with Gasteiger partial charge in [0.1, 0.15) is 29.7 Å². The Bertz CT molecular complexity index is 2110. The van der Waals surface area contributed by atoms with Crippen molar-refractivity contribution in [1.82, 2.24) is 36.8 Å². The number of carbonyl (C=O) groups is 8. The second-order valence-corrected chi connectivity index (χ2v) is 18.0. The number of hydrogen-bond acceptors (Lipinski definition) is 10. The molecule has 368 valence electrons. The topological polar surface area (TPSA) is 267 Å². The van der Waals surface area contributed by atoms with Crippen molar-refractivity contribution >= 4 is 47.3 Å². The van der Waals surface area contributed by atoms with Crippen LogP contribution in [0.3, 0.4) is 0 Å². The van der Waals surface area contributed by atoms with Gasteiger partial charge in [-0.25, -0.2) is 4.79 Å². The molecule has 18 heteroatoms. The Kier molecular flexibility index (Phi) is 19.8. The van der Waals surface area contributed by atoms with Gasteiger partial charge in [-0.2, -0.15) is 0 Å². The number of rotatable bonds is 23. The minimum Gasteiger partial charge on any atom is -0.480 e. The van der Waals surface area contributed by atoms with Crippen molar-refractivity contribution in [3.05, 3.63) is 108 Å². The number of benzene rings is 3. The van der Waals surface area contributed by atoms with Crippen LogP contribution in [-0.4, -0.2) is 119 Å². The number of nitrogens with two attached hydrogens (primary N) is 1. The van der Waals surface area contributed by atoms with Gasteiger partial charge in [0.15, 0.2) is 0 Å². The van der Waals surface area contributed by atoms with E-state index >= 15 is 0 Å². The normalized spacial score (nSPS) is 17.0. The highest BCUT2D eigenvalue weighted by Crippen LogP contribution is 2.37. The summed E-state index contributed by atoms with van der Waals surface area (Å²) in [7, 11) is 0. The number of aliphatic carboxylic acids is 1. The first-order valence-corrected chi connectivity index (χ1v) is 23.1. The van der Waals surface area contributed by atoms with E-state index in [2.05, 4.69) is 31.9 Å². The largest absolute Gasteiger partial charge is 0.480 e. The van der Waals surface area contributed by atoms with Crippen LogP contribution in [0.5, 0.6) is 0 Å². The number of carboxylic acid groups (broad SMARTS) is 1. The van der Waals surface area contributed by atoms with E-state index in [1.54, 1.807) is 41.5 Å². The molecule has 4 rings (SSSR count). The molecule has 9 N–H and O–H groups in total. The molecular weight excluding hydrogens is 873 g/mol. The molecule has 68 heavy (non-hydrogen) atoms. The first-order valence-electron chi connectivity index (χ1n) is 23.1. The van der Waals surface area contributed by atoms with Crippen molar-refractivity contribution in [1.29, 1.82) is 0 Å². The predicted octanol–water partition coefficient (Wildman–Crippen LogP) is 2.23. The Hall–Kier alpha value is -6.66. The van der Waals surface area contributed by atoms with E-state index in [0.717, 1.165) is 4.90 Å². The molecule has 18 nitrogen and oxygen atoms in total. The summed E-state index contributed by atoms with van der Waals surface area (Å²) in [5, 5.41) is 26.2. The average molecular weight is 941 g/mol. The third-order valence-electron chi connectivity index (χ3n) is 11.8. The van der Waals surface area contributed by atoms with E-state index in [1.807, 2.05) is 97.9 Å². The van der Waals surface area contributed by atoms with Crippen LogP contribution >= 0.6 is 0 Å². The van der Waals surface area contributed by atoms with Crippen LogP contribution in [0.4, 0.5) is 0 Å². The zero-order valence-corrected chi connectivity index (χ0v) is 40.0. The molecule has 0 aromatic heterocycles. The summed E-state index contributed by atoms with van der Waals surface area (Å²) in [5.41, 5.74) is 5.85. The van der Waals surface area contributed by atoms with Crippen molar-refractivity contribution in [3.63, 3.8) is 0 Å². The van der Waals surface area contributed by atoms with E-state index in [9.17, 15) is 43.5 Å². The van der Waals surface area contributed by atoms with E-state index in [0.29, 0.717) is 29.5 Å². The SMILES string of the molecule is CC[C@H](NC(=O)CNC(=O)C(NC(=O)CNC(=O)[C@@H](N)CC)[C@@H](C)CC)C(=O)N[C@@H](CC(=O)NC(c1ccccc1)(c1ccccc1)c1ccccc1)C(=O)N1C[C@H](OC(C)(C)C)C[C@H]1C(=O)O. The fourth-order valence-corrected chi connectivity index (χ4v) is 8.05. The molecule has 1 aliphatic rings. The van der Waals surface area contributed by atoms with Crippen LogP contribution in [0.25, 0.3) is 0 Å². The molecule has 7 atom stereocenters. The number of carbonyl (C=O) groups excluding carboxylic acids is 7. The van der Waals surface area contributed by atoms with Crippen LogP contribution in [0.1, 0.15) is 97.3 Å². The van der Waals surface area contributed by atoms with Crippen molar-refractivity contribution < 1.29 is 48.2 Å². The molecule has 1 fully saturated rings. The third-order valence-corrected chi connectivity index (χ3v) is 11.8. The monoisotopic (exact) mass is 941 g/mol. The van der Waals surface area contributed by atoms with E-state index in [1.165, 1.54) is 0 Å². The fraction of sp³-hybridized carbons (Fsp3) is 0.480. The summed E-state index contributed by atoms with van der Waals surface area (Å²) >= 11 is 0. The number of carboxylic acids is 1. The first kappa shape index (κ1) is 54.0. The second kappa shape index (κ2) is 24.9. The molecule has 0 radical (unpaired) electrons. The lowest BCUT2D eigenvalue weighted by molar-refractivity contribution is -0.150. The number of nitrogens with zero attached hydrogens (tertiary/aromatic N) is 1. The zero-order valence-electron chi connectivity index (χ0n) is 40.0. The van der Waals surface area contributed by atoms with E-state index in [-0.39, 0.29) is 25.3 Å². The Morgan fingerprint density at radius 2 is 1.18 bits per heavy atom. The van der Waals surface area contributed by atoms with Gasteiger partial charge in [0.2, 0.25) is 41.4 Å². The number of ether oxygens (including phenoxy) is 1. The van der Waals surface area contributed by atoms with E-state index in [4.69, 9.17) is 10.5 Å². The summed E-state index contributed by atoms with van der Waals surface area (Å²) in [5.74, 6) is -6.63. The molecule has 1 aliphatic heterocycles. The summed E-state index contributed by atoms with van der Waals surface area (Å²) in [4.78, 5) is 109. The molecule has 3 aromatic carbocycles. The van der Waals surface area contributed by atoms with Crippen LogP contribution in [-0.2, 0) is 48.6 Å². The van der Waals surface area contributed by atoms with Gasteiger partial charge in [0, 0.05) is 13.0 Å². The average Bonchev–Trinajstić information content (AvgIpc) is 3.75. The van der Waals surface area contributed by atoms with Crippen LogP contribution in [0.15, 0.2) is 91.0 Å². The standard InChI is InChI=1S/C50H68N8O10/c1-8-31(4)43(56-42(61)29-52-44(62)36(51)9-2)46(64)53-28-41(60)54-37(10-3)45(63)55-38(47(65)58-30-35(68-49(5,6)7)26-39(58)48(66)67)27-40(59)57-50(32-20-14-11-15-21-32,33-22-16-12-17-23-33)34-24-18-13-19-25-34/h11-25,31,35-39,43H,8-10,26-30,51H2,1-7H3,(H,52,62)(H,53,64)(H,54,60)(H,55,63)(H,56,61)(H,57,59)(H,66,67)/t31-,35+,36-,37-,38-,39-,43?/m0/s1. The first-order chi connectivity index (χ1) is 32.2. The summed E-state index contributed by atoms with van der Waals surface area (Å²) in [6.07, 6.45) is -0.471. The lowest BCUT2D eigenvalue weighted by Crippen LogP contribution is -2.58. The number of amides is 7. The van der Waals surface area contributed by atoms with Gasteiger partial charge in [0.05, 0.1) is 37.3 Å². The highest BCUT2D eigenvalue weighted by Gasteiger charge is 2.45.